The average Bonchev–Trinajstić information content (AvgIpc) is 3.25. The van der Waals surface area contributed by atoms with E-state index in [1.165, 1.54) is 35.6 Å². The lowest BCUT2D eigenvalue weighted by Crippen LogP contribution is -2.30. The monoisotopic (exact) mass is 346 g/mol. The van der Waals surface area contributed by atoms with E-state index in [0.29, 0.717) is 18.7 Å². The summed E-state index contributed by atoms with van der Waals surface area (Å²) in [6, 6.07) is 7.37. The van der Waals surface area contributed by atoms with Crippen LogP contribution in [-0.4, -0.2) is 33.8 Å². The van der Waals surface area contributed by atoms with E-state index < -0.39 is 0 Å². The maximum atomic E-state index is 12.8. The lowest BCUT2D eigenvalue weighted by molar-refractivity contribution is -0.123. The number of hydrogen-bond donors (Lipinski definition) is 1. The van der Waals surface area contributed by atoms with Gasteiger partial charge >= 0.3 is 0 Å². The number of hydrogen-bond acceptors (Lipinski definition) is 5. The summed E-state index contributed by atoms with van der Waals surface area (Å²) in [5, 5.41) is 9.62. The summed E-state index contributed by atoms with van der Waals surface area (Å²) in [5.74, 6) is -0.124. The van der Waals surface area contributed by atoms with Crippen LogP contribution < -0.4 is 10.1 Å². The predicted molar refractivity (Wildman–Crippen MR) is 87.8 cm³/mol. The Morgan fingerprint density at radius 2 is 2.17 bits per heavy atom. The molecule has 0 saturated carbocycles. The molecule has 0 spiro atoms. The maximum Gasteiger partial charge on any atom is 0.257 e. The van der Waals surface area contributed by atoms with Gasteiger partial charge in [-0.25, -0.2) is 14.1 Å². The number of benzene rings is 1. The second kappa shape index (κ2) is 7.69. The van der Waals surface area contributed by atoms with E-state index in [1.807, 2.05) is 17.6 Å². The molecule has 0 aliphatic heterocycles. The number of carbonyl (C=O) groups is 1. The number of amides is 1. The van der Waals surface area contributed by atoms with Crippen molar-refractivity contribution in [1.29, 1.82) is 0 Å². The normalized spacial score (nSPS) is 10.5. The quantitative estimate of drug-likeness (QED) is 0.712. The van der Waals surface area contributed by atoms with E-state index in [0.717, 1.165) is 10.8 Å². The summed E-state index contributed by atoms with van der Waals surface area (Å²) in [4.78, 5) is 16.2. The van der Waals surface area contributed by atoms with Crippen molar-refractivity contribution in [3.63, 3.8) is 0 Å². The molecule has 0 bridgehead atoms. The van der Waals surface area contributed by atoms with Gasteiger partial charge in [0.1, 0.15) is 11.6 Å². The highest BCUT2D eigenvalue weighted by atomic mass is 32.1. The highest BCUT2D eigenvalue weighted by Crippen LogP contribution is 2.14. The van der Waals surface area contributed by atoms with Crippen LogP contribution in [0.15, 0.2) is 48.1 Å². The van der Waals surface area contributed by atoms with Gasteiger partial charge in [-0.2, -0.15) is 5.10 Å². The minimum absolute atomic E-state index is 0.110. The zero-order valence-electron chi connectivity index (χ0n) is 12.7. The van der Waals surface area contributed by atoms with Crippen LogP contribution in [0.25, 0.3) is 5.13 Å². The van der Waals surface area contributed by atoms with Crippen molar-refractivity contribution in [1.82, 2.24) is 20.1 Å². The minimum Gasteiger partial charge on any atom is -0.484 e. The van der Waals surface area contributed by atoms with Crippen molar-refractivity contribution < 1.29 is 13.9 Å². The third-order valence-corrected chi connectivity index (χ3v) is 4.01. The molecule has 0 atom stereocenters. The molecular formula is C16H15FN4O2S. The van der Waals surface area contributed by atoms with Crippen LogP contribution in [0.5, 0.6) is 5.75 Å². The third-order valence-electron chi connectivity index (χ3n) is 3.13. The van der Waals surface area contributed by atoms with Crippen molar-refractivity contribution in [2.24, 2.45) is 0 Å². The van der Waals surface area contributed by atoms with E-state index in [9.17, 15) is 9.18 Å². The van der Waals surface area contributed by atoms with Gasteiger partial charge in [-0.1, -0.05) is 0 Å². The van der Waals surface area contributed by atoms with Gasteiger partial charge in [-0.05, 0) is 30.3 Å². The fraction of sp³-hybridized carbons (Fsp3) is 0.188. The van der Waals surface area contributed by atoms with Gasteiger partial charge in [0.25, 0.3) is 5.91 Å². The zero-order valence-corrected chi connectivity index (χ0v) is 13.5. The summed E-state index contributed by atoms with van der Waals surface area (Å²) in [6.07, 6.45) is 4.15. The molecule has 24 heavy (non-hydrogen) atoms. The van der Waals surface area contributed by atoms with Crippen LogP contribution in [0.3, 0.4) is 0 Å². The molecule has 0 fully saturated rings. The maximum absolute atomic E-state index is 12.8. The van der Waals surface area contributed by atoms with Crippen molar-refractivity contribution in [2.45, 2.75) is 6.42 Å². The first kappa shape index (κ1) is 16.1. The van der Waals surface area contributed by atoms with Gasteiger partial charge in [-0.15, -0.1) is 11.3 Å². The molecule has 2 aromatic heterocycles. The summed E-state index contributed by atoms with van der Waals surface area (Å²) in [7, 11) is 0. The summed E-state index contributed by atoms with van der Waals surface area (Å²) < 4.78 is 19.7. The molecule has 8 heteroatoms. The number of carbonyl (C=O) groups excluding carboxylic acids is 1. The van der Waals surface area contributed by atoms with Gasteiger partial charge in [0.05, 0.1) is 5.69 Å². The first-order valence-corrected chi connectivity index (χ1v) is 8.18. The Bertz CT molecular complexity index is 787. The molecule has 124 valence electrons. The second-order valence-electron chi connectivity index (χ2n) is 4.91. The van der Waals surface area contributed by atoms with Crippen LogP contribution in [-0.2, 0) is 11.2 Å². The van der Waals surface area contributed by atoms with Gasteiger partial charge < -0.3 is 10.1 Å². The van der Waals surface area contributed by atoms with Gasteiger partial charge in [0.2, 0.25) is 5.13 Å². The third kappa shape index (κ3) is 4.39. The van der Waals surface area contributed by atoms with Crippen molar-refractivity contribution in [2.75, 3.05) is 13.2 Å². The molecule has 1 N–H and O–H groups in total. The number of nitrogens with zero attached hydrogens (tertiary/aromatic N) is 3. The molecule has 6 nitrogen and oxygen atoms in total. The molecule has 0 unspecified atom stereocenters. The number of halogens is 1. The molecule has 2 heterocycles. The van der Waals surface area contributed by atoms with E-state index >= 15 is 0 Å². The van der Waals surface area contributed by atoms with Gasteiger partial charge in [0, 0.05) is 30.7 Å². The number of aromatic nitrogens is 3. The Morgan fingerprint density at radius 1 is 1.33 bits per heavy atom. The van der Waals surface area contributed by atoms with Crippen LogP contribution in [0.2, 0.25) is 0 Å². The number of nitrogens with one attached hydrogen (secondary N) is 1. The lowest BCUT2D eigenvalue weighted by Gasteiger charge is -2.06. The minimum atomic E-state index is -0.343. The second-order valence-corrected chi connectivity index (χ2v) is 5.75. The summed E-state index contributed by atoms with van der Waals surface area (Å²) in [6.45, 7) is 0.356. The van der Waals surface area contributed by atoms with E-state index in [1.54, 1.807) is 10.9 Å². The van der Waals surface area contributed by atoms with Crippen LogP contribution >= 0.6 is 11.3 Å². The molecule has 0 saturated heterocycles. The Morgan fingerprint density at radius 3 is 2.92 bits per heavy atom. The molecule has 1 aromatic carbocycles. The Labute approximate surface area is 141 Å². The Hall–Kier alpha value is -2.74. The van der Waals surface area contributed by atoms with Crippen molar-refractivity contribution >= 4 is 17.2 Å². The van der Waals surface area contributed by atoms with E-state index in [-0.39, 0.29) is 18.3 Å². The van der Waals surface area contributed by atoms with Crippen LogP contribution in [0, 0.1) is 5.82 Å². The highest BCUT2D eigenvalue weighted by molar-refractivity contribution is 7.12. The number of thiazole rings is 1. The fourth-order valence-electron chi connectivity index (χ4n) is 1.96. The van der Waals surface area contributed by atoms with Crippen LogP contribution in [0.1, 0.15) is 5.69 Å². The Kier molecular flexibility index (Phi) is 5.17. The van der Waals surface area contributed by atoms with Gasteiger partial charge in [0.15, 0.2) is 6.61 Å². The van der Waals surface area contributed by atoms with E-state index in [4.69, 9.17) is 4.74 Å². The molecule has 3 aromatic rings. The fourth-order valence-corrected chi connectivity index (χ4v) is 2.76. The average molecular weight is 346 g/mol. The Balaban J connectivity index is 1.40. The first-order chi connectivity index (χ1) is 11.7. The lowest BCUT2D eigenvalue weighted by atomic mass is 10.3. The molecule has 0 radical (unpaired) electrons. The predicted octanol–water partition coefficient (Wildman–Crippen LogP) is 2.21. The SMILES string of the molecule is O=C(COc1ccc(F)cc1)NCCc1csc(-n2cccn2)n1. The topological polar surface area (TPSA) is 69.0 Å². The molecule has 0 aliphatic carbocycles. The van der Waals surface area contributed by atoms with Crippen molar-refractivity contribution in [3.05, 3.63) is 59.6 Å². The highest BCUT2D eigenvalue weighted by Gasteiger charge is 2.06. The number of ether oxygens (including phenoxy) is 1. The standard InChI is InChI=1S/C16H15FN4O2S/c17-12-2-4-14(5-3-12)23-10-15(22)18-8-6-13-11-24-16(20-13)21-9-1-7-19-21/h1-5,7,9,11H,6,8,10H2,(H,18,22). The largest absolute Gasteiger partial charge is 0.484 e. The van der Waals surface area contributed by atoms with E-state index in [2.05, 4.69) is 15.4 Å². The smallest absolute Gasteiger partial charge is 0.257 e. The van der Waals surface area contributed by atoms with Crippen molar-refractivity contribution in [3.8, 4) is 10.9 Å². The molecule has 0 aliphatic rings. The first-order valence-electron chi connectivity index (χ1n) is 7.30. The van der Waals surface area contributed by atoms with Gasteiger partial charge in [-0.3, -0.25) is 4.79 Å². The molecular weight excluding hydrogens is 331 g/mol. The van der Waals surface area contributed by atoms with Crippen LogP contribution in [0.4, 0.5) is 4.39 Å². The molecule has 1 amide bonds. The number of rotatable bonds is 7. The zero-order chi connectivity index (χ0) is 16.8. The molecule has 3 rings (SSSR count). The summed E-state index contributed by atoms with van der Waals surface area (Å²) >= 11 is 1.50. The summed E-state index contributed by atoms with van der Waals surface area (Å²) in [5.41, 5.74) is 0.894.